The van der Waals surface area contributed by atoms with E-state index in [0.717, 1.165) is 5.56 Å². The first kappa shape index (κ1) is 14.8. The van der Waals surface area contributed by atoms with E-state index in [1.165, 1.54) is 6.33 Å². The Bertz CT molecular complexity index is 974. The Morgan fingerprint density at radius 2 is 2.28 bits per heavy atom. The highest BCUT2D eigenvalue weighted by molar-refractivity contribution is 5.93. The minimum Gasteiger partial charge on any atom is -0.463 e. The molecule has 0 aromatic carbocycles. The van der Waals surface area contributed by atoms with E-state index in [-0.39, 0.29) is 18.1 Å². The van der Waals surface area contributed by atoms with Crippen LogP contribution in [-0.4, -0.2) is 35.9 Å². The molecule has 9 nitrogen and oxygen atoms in total. The second kappa shape index (κ2) is 6.40. The third-order valence-corrected chi connectivity index (χ3v) is 3.54. The summed E-state index contributed by atoms with van der Waals surface area (Å²) in [6, 6.07) is 8.85. The number of nitrogens with one attached hydrogen (secondary N) is 2. The van der Waals surface area contributed by atoms with Gasteiger partial charge in [0.05, 0.1) is 6.26 Å². The summed E-state index contributed by atoms with van der Waals surface area (Å²) in [6.45, 7) is 0.283. The molecule has 124 valence electrons. The Labute approximate surface area is 141 Å². The predicted octanol–water partition coefficient (Wildman–Crippen LogP) is 1.58. The van der Waals surface area contributed by atoms with E-state index in [9.17, 15) is 4.79 Å². The Morgan fingerprint density at radius 1 is 1.32 bits per heavy atom. The summed E-state index contributed by atoms with van der Waals surface area (Å²) in [7, 11) is 0. The molecule has 9 heteroatoms. The molecule has 0 aliphatic heterocycles. The second-order valence-corrected chi connectivity index (χ2v) is 5.15. The van der Waals surface area contributed by atoms with Crippen LogP contribution in [-0.2, 0) is 6.54 Å². The monoisotopic (exact) mass is 335 g/mol. The summed E-state index contributed by atoms with van der Waals surface area (Å²) in [4.78, 5) is 20.5. The number of carbonyl (C=O) groups excluding carboxylic acids is 1. The second-order valence-electron chi connectivity index (χ2n) is 5.15. The maximum atomic E-state index is 12.3. The van der Waals surface area contributed by atoms with Gasteiger partial charge in [-0.2, -0.15) is 10.2 Å². The van der Waals surface area contributed by atoms with Gasteiger partial charge in [-0.05, 0) is 18.2 Å². The van der Waals surface area contributed by atoms with Crippen molar-refractivity contribution >= 4 is 5.91 Å². The quantitative estimate of drug-likeness (QED) is 0.572. The van der Waals surface area contributed by atoms with Crippen LogP contribution in [0.3, 0.4) is 0 Å². The van der Waals surface area contributed by atoms with Gasteiger partial charge >= 0.3 is 0 Å². The molecule has 0 bridgehead atoms. The molecule has 0 saturated carbocycles. The SMILES string of the molecule is O=C(NCc1cccnc1-n1cncn1)c1cc(-c2ccco2)[nH]n1. The zero-order chi connectivity index (χ0) is 17.1. The molecule has 0 fully saturated rings. The molecule has 0 aliphatic carbocycles. The normalized spacial score (nSPS) is 10.7. The summed E-state index contributed by atoms with van der Waals surface area (Å²) < 4.78 is 6.82. The number of hydrogen-bond donors (Lipinski definition) is 2. The topological polar surface area (TPSA) is 115 Å². The molecular formula is C16H13N7O2. The first-order valence-corrected chi connectivity index (χ1v) is 7.47. The number of pyridine rings is 1. The van der Waals surface area contributed by atoms with Crippen molar-refractivity contribution in [2.45, 2.75) is 6.54 Å². The number of furan rings is 1. The molecule has 2 N–H and O–H groups in total. The first-order valence-electron chi connectivity index (χ1n) is 7.47. The van der Waals surface area contributed by atoms with Gasteiger partial charge in [0.15, 0.2) is 17.3 Å². The molecule has 0 radical (unpaired) electrons. The maximum Gasteiger partial charge on any atom is 0.272 e. The van der Waals surface area contributed by atoms with E-state index in [1.807, 2.05) is 6.07 Å². The van der Waals surface area contributed by atoms with Crippen LogP contribution in [0.15, 0.2) is 59.9 Å². The highest BCUT2D eigenvalue weighted by atomic mass is 16.3. The summed E-state index contributed by atoms with van der Waals surface area (Å²) in [5.74, 6) is 0.924. The summed E-state index contributed by atoms with van der Waals surface area (Å²) >= 11 is 0. The van der Waals surface area contributed by atoms with Gasteiger partial charge in [0.2, 0.25) is 0 Å². The molecule has 1 amide bonds. The minimum absolute atomic E-state index is 0.276. The van der Waals surface area contributed by atoms with Crippen LogP contribution in [0, 0.1) is 0 Å². The number of aromatic amines is 1. The minimum atomic E-state index is -0.303. The average molecular weight is 335 g/mol. The van der Waals surface area contributed by atoms with Gasteiger partial charge in [-0.1, -0.05) is 6.07 Å². The van der Waals surface area contributed by atoms with Crippen molar-refractivity contribution in [3.63, 3.8) is 0 Å². The van der Waals surface area contributed by atoms with Crippen molar-refractivity contribution in [2.75, 3.05) is 0 Å². The lowest BCUT2D eigenvalue weighted by Gasteiger charge is -2.08. The van der Waals surface area contributed by atoms with E-state index >= 15 is 0 Å². The highest BCUT2D eigenvalue weighted by Crippen LogP contribution is 2.17. The van der Waals surface area contributed by atoms with Gasteiger partial charge in [-0.3, -0.25) is 9.89 Å². The van der Waals surface area contributed by atoms with Crippen LogP contribution in [0.1, 0.15) is 16.1 Å². The van der Waals surface area contributed by atoms with E-state index in [0.29, 0.717) is 17.3 Å². The lowest BCUT2D eigenvalue weighted by atomic mass is 10.2. The molecule has 0 aliphatic rings. The van der Waals surface area contributed by atoms with E-state index in [2.05, 4.69) is 30.6 Å². The van der Waals surface area contributed by atoms with Crippen molar-refractivity contribution in [1.82, 2.24) is 35.3 Å². The zero-order valence-corrected chi connectivity index (χ0v) is 13.0. The van der Waals surface area contributed by atoms with Crippen molar-refractivity contribution in [3.8, 4) is 17.3 Å². The molecule has 0 saturated heterocycles. The Balaban J connectivity index is 1.48. The molecule has 25 heavy (non-hydrogen) atoms. The zero-order valence-electron chi connectivity index (χ0n) is 13.0. The molecule has 4 rings (SSSR count). The van der Waals surface area contributed by atoms with Crippen molar-refractivity contribution in [1.29, 1.82) is 0 Å². The van der Waals surface area contributed by atoms with E-state index in [1.54, 1.807) is 47.7 Å². The fraction of sp³-hybridized carbons (Fsp3) is 0.0625. The molecular weight excluding hydrogens is 322 g/mol. The highest BCUT2D eigenvalue weighted by Gasteiger charge is 2.14. The van der Waals surface area contributed by atoms with Crippen LogP contribution >= 0.6 is 0 Å². The smallest absolute Gasteiger partial charge is 0.272 e. The molecule has 4 aromatic heterocycles. The van der Waals surface area contributed by atoms with Crippen LogP contribution in [0.5, 0.6) is 0 Å². The molecule has 0 spiro atoms. The van der Waals surface area contributed by atoms with Crippen LogP contribution in [0.2, 0.25) is 0 Å². The maximum absolute atomic E-state index is 12.3. The van der Waals surface area contributed by atoms with E-state index in [4.69, 9.17) is 4.42 Å². The lowest BCUT2D eigenvalue weighted by Crippen LogP contribution is -2.24. The number of nitrogens with zero attached hydrogens (tertiary/aromatic N) is 5. The fourth-order valence-electron chi connectivity index (χ4n) is 2.35. The lowest BCUT2D eigenvalue weighted by molar-refractivity contribution is 0.0946. The van der Waals surface area contributed by atoms with Crippen molar-refractivity contribution in [3.05, 3.63) is 66.7 Å². The third-order valence-electron chi connectivity index (χ3n) is 3.54. The van der Waals surface area contributed by atoms with Crippen LogP contribution < -0.4 is 5.32 Å². The summed E-state index contributed by atoms with van der Waals surface area (Å²) in [6.07, 6.45) is 6.20. The number of H-pyrrole nitrogens is 1. The standard InChI is InChI=1S/C16H13N7O2/c24-16(13-7-12(21-22-13)14-4-2-6-25-14)19-8-11-3-1-5-18-15(11)23-10-17-9-20-23/h1-7,9-10H,8H2,(H,19,24)(H,21,22). The van der Waals surface area contributed by atoms with Gasteiger partial charge in [-0.25, -0.2) is 14.6 Å². The summed E-state index contributed by atoms with van der Waals surface area (Å²) in [5, 5.41) is 13.7. The largest absolute Gasteiger partial charge is 0.463 e. The third kappa shape index (κ3) is 3.02. The number of hydrogen-bond acceptors (Lipinski definition) is 6. The summed E-state index contributed by atoms with van der Waals surface area (Å²) in [5.41, 5.74) is 1.72. The van der Waals surface area contributed by atoms with Crippen molar-refractivity contribution < 1.29 is 9.21 Å². The van der Waals surface area contributed by atoms with Gasteiger partial charge in [-0.15, -0.1) is 0 Å². The number of aromatic nitrogens is 6. The van der Waals surface area contributed by atoms with Gasteiger partial charge in [0.1, 0.15) is 18.3 Å². The van der Waals surface area contributed by atoms with Gasteiger partial charge in [0, 0.05) is 24.4 Å². The predicted molar refractivity (Wildman–Crippen MR) is 86.6 cm³/mol. The molecule has 0 atom stereocenters. The fourth-order valence-corrected chi connectivity index (χ4v) is 2.35. The van der Waals surface area contributed by atoms with E-state index < -0.39 is 0 Å². The number of amides is 1. The molecule has 4 aromatic rings. The number of carbonyl (C=O) groups is 1. The molecule has 4 heterocycles. The van der Waals surface area contributed by atoms with Crippen LogP contribution in [0.25, 0.3) is 17.3 Å². The Kier molecular flexibility index (Phi) is 3.79. The Morgan fingerprint density at radius 3 is 3.08 bits per heavy atom. The van der Waals surface area contributed by atoms with Gasteiger partial charge in [0.25, 0.3) is 5.91 Å². The van der Waals surface area contributed by atoms with Crippen LogP contribution in [0.4, 0.5) is 0 Å². The first-order chi connectivity index (χ1) is 12.3. The molecule has 0 unspecified atom stereocenters. The Hall–Kier alpha value is -3.75. The van der Waals surface area contributed by atoms with Gasteiger partial charge < -0.3 is 9.73 Å². The number of rotatable bonds is 5. The van der Waals surface area contributed by atoms with Crippen molar-refractivity contribution in [2.24, 2.45) is 0 Å². The average Bonchev–Trinajstić information content (AvgIpc) is 3.41.